The molecule has 1 aliphatic heterocycles. The second kappa shape index (κ2) is 7.82. The number of nitrogens with zero attached hydrogens (tertiary/aromatic N) is 1. The van der Waals surface area contributed by atoms with Crippen molar-refractivity contribution in [2.24, 2.45) is 0 Å². The third-order valence-electron chi connectivity index (χ3n) is 2.98. The first-order valence-electron chi connectivity index (χ1n) is 6.82. The van der Waals surface area contributed by atoms with Crippen LogP contribution in [-0.4, -0.2) is 46.9 Å². The van der Waals surface area contributed by atoms with Crippen LogP contribution in [0.4, 0.5) is 4.39 Å². The summed E-state index contributed by atoms with van der Waals surface area (Å²) in [6.07, 6.45) is -0.885. The van der Waals surface area contributed by atoms with E-state index in [2.05, 4.69) is 10.9 Å². The van der Waals surface area contributed by atoms with Crippen LogP contribution in [0.25, 0.3) is 0 Å². The lowest BCUT2D eigenvalue weighted by Crippen LogP contribution is -2.50. The largest absolute Gasteiger partial charge is 0.481 e. The zero-order valence-corrected chi connectivity index (χ0v) is 13.2. The van der Waals surface area contributed by atoms with E-state index in [4.69, 9.17) is 4.74 Å². The number of rotatable bonds is 5. The van der Waals surface area contributed by atoms with Gasteiger partial charge in [0.05, 0.1) is 11.6 Å². The summed E-state index contributed by atoms with van der Waals surface area (Å²) in [4.78, 5) is 36.2. The second-order valence-electron chi connectivity index (χ2n) is 4.82. The Morgan fingerprint density at radius 3 is 2.65 bits per heavy atom. The molecule has 0 aromatic heterocycles. The Morgan fingerprint density at radius 2 is 2.04 bits per heavy atom. The fraction of sp³-hybridized carbons (Fsp3) is 0.357. The maximum Gasteiger partial charge on any atom is 0.279 e. The molecule has 1 saturated heterocycles. The number of hydrazine groups is 1. The lowest BCUT2D eigenvalue weighted by Gasteiger charge is -2.17. The molecule has 124 valence electrons. The molecule has 0 spiro atoms. The van der Waals surface area contributed by atoms with Gasteiger partial charge in [-0.2, -0.15) is 0 Å². The Kier molecular flexibility index (Phi) is 5.80. The number of halogens is 1. The van der Waals surface area contributed by atoms with E-state index in [1.54, 1.807) is 0 Å². The topological polar surface area (TPSA) is 87.7 Å². The van der Waals surface area contributed by atoms with Gasteiger partial charge in [0.1, 0.15) is 18.1 Å². The first-order chi connectivity index (χ1) is 11.0. The maximum atomic E-state index is 12.8. The molecule has 2 N–H and O–H groups in total. The van der Waals surface area contributed by atoms with Crippen molar-refractivity contribution in [1.82, 2.24) is 15.8 Å². The van der Waals surface area contributed by atoms with Crippen LogP contribution in [0.5, 0.6) is 5.75 Å². The molecule has 2 rings (SSSR count). The summed E-state index contributed by atoms with van der Waals surface area (Å²) in [6.45, 7) is 1.38. The molecule has 0 bridgehead atoms. The molecule has 1 aromatic rings. The minimum absolute atomic E-state index is 0.107. The van der Waals surface area contributed by atoms with Crippen molar-refractivity contribution >= 4 is 29.5 Å². The van der Waals surface area contributed by atoms with Gasteiger partial charge in [-0.05, 0) is 31.2 Å². The van der Waals surface area contributed by atoms with Gasteiger partial charge < -0.3 is 9.64 Å². The predicted octanol–water partition coefficient (Wildman–Crippen LogP) is 0.273. The minimum atomic E-state index is -0.885. The first-order valence-corrected chi connectivity index (χ1v) is 7.97. The number of carbonyl (C=O) groups is 3. The predicted molar refractivity (Wildman–Crippen MR) is 81.8 cm³/mol. The second-order valence-corrected chi connectivity index (χ2v) is 5.78. The van der Waals surface area contributed by atoms with Crippen molar-refractivity contribution in [1.29, 1.82) is 0 Å². The molecule has 7 nitrogen and oxygen atoms in total. The van der Waals surface area contributed by atoms with Crippen LogP contribution in [0.2, 0.25) is 0 Å². The summed E-state index contributed by atoms with van der Waals surface area (Å²) in [5.41, 5.74) is 4.44. The van der Waals surface area contributed by atoms with Crippen LogP contribution in [0.1, 0.15) is 6.92 Å². The number of nitrogens with one attached hydrogen (secondary N) is 2. The summed E-state index contributed by atoms with van der Waals surface area (Å²) in [5, 5.41) is 0. The molecular formula is C14H16FN3O4S. The van der Waals surface area contributed by atoms with Gasteiger partial charge in [-0.3, -0.25) is 25.2 Å². The van der Waals surface area contributed by atoms with Gasteiger partial charge in [0.2, 0.25) is 5.91 Å². The highest BCUT2D eigenvalue weighted by Gasteiger charge is 2.23. The van der Waals surface area contributed by atoms with E-state index in [-0.39, 0.29) is 12.5 Å². The fourth-order valence-electron chi connectivity index (χ4n) is 1.76. The summed E-state index contributed by atoms with van der Waals surface area (Å²) < 4.78 is 18.1. The molecular weight excluding hydrogens is 325 g/mol. The third kappa shape index (κ3) is 5.13. The van der Waals surface area contributed by atoms with Crippen molar-refractivity contribution in [3.05, 3.63) is 30.1 Å². The molecule has 1 aliphatic rings. The highest BCUT2D eigenvalue weighted by Crippen LogP contribution is 2.14. The average molecular weight is 341 g/mol. The molecule has 3 amide bonds. The number of benzene rings is 1. The molecule has 9 heteroatoms. The number of hydrogen-bond acceptors (Lipinski definition) is 5. The van der Waals surface area contributed by atoms with E-state index in [0.717, 1.165) is 0 Å². The standard InChI is InChI=1S/C14H16FN3O4S/c1-9(22-11-4-2-10(15)3-5-11)14(21)17-16-12(19)6-18-8-23-7-13(18)20/h2-5,9H,6-8H2,1H3,(H,16,19)(H,17,21)/t9-/m0/s1. The first kappa shape index (κ1) is 17.1. The van der Waals surface area contributed by atoms with E-state index >= 15 is 0 Å². The maximum absolute atomic E-state index is 12.8. The van der Waals surface area contributed by atoms with Gasteiger partial charge in [-0.1, -0.05) is 0 Å². The van der Waals surface area contributed by atoms with Gasteiger partial charge in [-0.15, -0.1) is 11.8 Å². The number of ether oxygens (including phenoxy) is 1. The van der Waals surface area contributed by atoms with Crippen LogP contribution in [0, 0.1) is 5.82 Å². The lowest BCUT2D eigenvalue weighted by molar-refractivity contribution is -0.135. The molecule has 1 fully saturated rings. The van der Waals surface area contributed by atoms with Crippen molar-refractivity contribution in [3.8, 4) is 5.75 Å². The Labute approximate surface area is 136 Å². The number of hydrogen-bond donors (Lipinski definition) is 2. The van der Waals surface area contributed by atoms with Gasteiger partial charge in [0.25, 0.3) is 11.8 Å². The monoisotopic (exact) mass is 341 g/mol. The molecule has 0 saturated carbocycles. The van der Waals surface area contributed by atoms with Crippen molar-refractivity contribution in [2.75, 3.05) is 18.2 Å². The van der Waals surface area contributed by atoms with E-state index in [1.807, 2.05) is 0 Å². The minimum Gasteiger partial charge on any atom is -0.481 e. The fourth-order valence-corrected chi connectivity index (χ4v) is 2.66. The molecule has 0 unspecified atom stereocenters. The molecule has 0 radical (unpaired) electrons. The summed E-state index contributed by atoms with van der Waals surface area (Å²) >= 11 is 1.43. The van der Waals surface area contributed by atoms with Crippen molar-refractivity contribution in [2.45, 2.75) is 13.0 Å². The molecule has 1 aromatic carbocycles. The lowest BCUT2D eigenvalue weighted by atomic mass is 10.3. The van der Waals surface area contributed by atoms with Crippen LogP contribution in [0.15, 0.2) is 24.3 Å². The van der Waals surface area contributed by atoms with Crippen LogP contribution < -0.4 is 15.6 Å². The zero-order chi connectivity index (χ0) is 16.8. The summed E-state index contributed by atoms with van der Waals surface area (Å²) in [5.74, 6) is -0.416. The number of thioether (sulfide) groups is 1. The Balaban J connectivity index is 1.73. The molecule has 0 aliphatic carbocycles. The van der Waals surface area contributed by atoms with Crippen molar-refractivity contribution in [3.63, 3.8) is 0 Å². The summed E-state index contributed by atoms with van der Waals surface area (Å²) in [7, 11) is 0. The van der Waals surface area contributed by atoms with Crippen LogP contribution in [0.3, 0.4) is 0 Å². The van der Waals surface area contributed by atoms with Crippen LogP contribution in [-0.2, 0) is 14.4 Å². The van der Waals surface area contributed by atoms with Gasteiger partial charge in [-0.25, -0.2) is 4.39 Å². The molecule has 1 atom stereocenters. The van der Waals surface area contributed by atoms with Gasteiger partial charge in [0, 0.05) is 0 Å². The molecule has 1 heterocycles. The quantitative estimate of drug-likeness (QED) is 0.751. The third-order valence-corrected chi connectivity index (χ3v) is 3.93. The Bertz CT molecular complexity index is 596. The highest BCUT2D eigenvalue weighted by atomic mass is 32.2. The average Bonchev–Trinajstić information content (AvgIpc) is 2.92. The van der Waals surface area contributed by atoms with Crippen LogP contribution >= 0.6 is 11.8 Å². The molecule has 23 heavy (non-hydrogen) atoms. The number of carbonyl (C=O) groups excluding carboxylic acids is 3. The van der Waals surface area contributed by atoms with Gasteiger partial charge >= 0.3 is 0 Å². The Hall–Kier alpha value is -2.29. The normalized spacial score (nSPS) is 15.2. The summed E-state index contributed by atoms with van der Waals surface area (Å²) in [6, 6.07) is 5.22. The zero-order valence-electron chi connectivity index (χ0n) is 12.4. The van der Waals surface area contributed by atoms with Crippen molar-refractivity contribution < 1.29 is 23.5 Å². The van der Waals surface area contributed by atoms with E-state index in [1.165, 1.54) is 47.9 Å². The van der Waals surface area contributed by atoms with Gasteiger partial charge in [0.15, 0.2) is 6.10 Å². The smallest absolute Gasteiger partial charge is 0.279 e. The van der Waals surface area contributed by atoms with E-state index < -0.39 is 23.7 Å². The number of amides is 3. The SMILES string of the molecule is C[C@H](Oc1ccc(F)cc1)C(=O)NNC(=O)CN1CSCC1=O. The van der Waals surface area contributed by atoms with E-state index in [0.29, 0.717) is 17.4 Å². The highest BCUT2D eigenvalue weighted by molar-refractivity contribution is 8.00. The van der Waals surface area contributed by atoms with E-state index in [9.17, 15) is 18.8 Å². The Morgan fingerprint density at radius 1 is 1.35 bits per heavy atom.